The number of hydrogen-bond acceptors (Lipinski definition) is 4. The number of nitrogens with one attached hydrogen (secondary N) is 1. The van der Waals surface area contributed by atoms with Gasteiger partial charge in [0.25, 0.3) is 0 Å². The van der Waals surface area contributed by atoms with Gasteiger partial charge in [0.1, 0.15) is 11.9 Å². The van der Waals surface area contributed by atoms with Gasteiger partial charge < -0.3 is 5.32 Å². The van der Waals surface area contributed by atoms with Crippen LogP contribution in [-0.2, 0) is 0 Å². The second-order valence-corrected chi connectivity index (χ2v) is 2.26. The smallest absolute Gasteiger partial charge is 0.234 e. The van der Waals surface area contributed by atoms with Gasteiger partial charge in [-0.05, 0) is 6.07 Å². The molecule has 0 saturated carbocycles. The summed E-state index contributed by atoms with van der Waals surface area (Å²) in [5.74, 6) is 3.28. The zero-order valence-corrected chi connectivity index (χ0v) is 6.99. The lowest BCUT2D eigenvalue weighted by molar-refractivity contribution is 1.04. The van der Waals surface area contributed by atoms with Gasteiger partial charge in [-0.15, -0.1) is 12.3 Å². The van der Waals surface area contributed by atoms with Crippen LogP contribution in [0.25, 0.3) is 0 Å². The van der Waals surface area contributed by atoms with Crippen molar-refractivity contribution in [3.63, 3.8) is 0 Å². The van der Waals surface area contributed by atoms with Gasteiger partial charge in [0.2, 0.25) is 5.82 Å². The lowest BCUT2D eigenvalue weighted by atomic mass is 10.4. The van der Waals surface area contributed by atoms with Crippen LogP contribution in [0.2, 0.25) is 0 Å². The molecule has 13 heavy (non-hydrogen) atoms. The summed E-state index contributed by atoms with van der Waals surface area (Å²) >= 11 is 0. The van der Waals surface area contributed by atoms with Gasteiger partial charge in [-0.1, -0.05) is 0 Å². The van der Waals surface area contributed by atoms with Gasteiger partial charge in [0.05, 0.1) is 0 Å². The Morgan fingerprint density at radius 2 is 2.46 bits per heavy atom. The monoisotopic (exact) mass is 172 g/mol. The van der Waals surface area contributed by atoms with Crippen molar-refractivity contribution < 1.29 is 0 Å². The molecular weight excluding hydrogens is 164 g/mol. The first-order valence-corrected chi connectivity index (χ1v) is 3.77. The van der Waals surface area contributed by atoms with Crippen molar-refractivity contribution in [1.82, 2.24) is 9.97 Å². The molecule has 0 aliphatic carbocycles. The molecule has 0 aromatic carbocycles. The summed E-state index contributed by atoms with van der Waals surface area (Å²) in [4.78, 5) is 7.64. The van der Waals surface area contributed by atoms with Gasteiger partial charge in [-0.3, -0.25) is 0 Å². The molecule has 1 rings (SSSR count). The standard InChI is InChI=1S/C9H8N4/c1-2-3-5-11-8-4-6-12-9(7-10)13-8/h1,4,6H,3,5H2,(H,11,12,13). The van der Waals surface area contributed by atoms with Crippen LogP contribution in [0.4, 0.5) is 5.82 Å². The van der Waals surface area contributed by atoms with Gasteiger partial charge in [0.15, 0.2) is 0 Å². The van der Waals surface area contributed by atoms with Crippen molar-refractivity contribution in [2.75, 3.05) is 11.9 Å². The Bertz CT molecular complexity index is 359. The first kappa shape index (κ1) is 9.02. The number of nitriles is 1. The van der Waals surface area contributed by atoms with E-state index in [1.54, 1.807) is 6.07 Å². The summed E-state index contributed by atoms with van der Waals surface area (Å²) in [6, 6.07) is 3.55. The summed E-state index contributed by atoms with van der Waals surface area (Å²) in [7, 11) is 0. The third kappa shape index (κ3) is 2.80. The molecule has 0 fully saturated rings. The SMILES string of the molecule is C#CCCNc1ccnc(C#N)n1. The minimum atomic E-state index is 0.158. The summed E-state index contributed by atoms with van der Waals surface area (Å²) in [6.07, 6.45) is 7.24. The van der Waals surface area contributed by atoms with E-state index in [0.29, 0.717) is 18.8 Å². The van der Waals surface area contributed by atoms with E-state index in [1.165, 1.54) is 6.20 Å². The molecule has 0 spiro atoms. The largest absolute Gasteiger partial charge is 0.369 e. The summed E-state index contributed by atoms with van der Waals surface area (Å²) < 4.78 is 0. The lowest BCUT2D eigenvalue weighted by Gasteiger charge is -2.01. The van der Waals surface area contributed by atoms with Crippen LogP contribution in [-0.4, -0.2) is 16.5 Å². The maximum Gasteiger partial charge on any atom is 0.234 e. The second kappa shape index (κ2) is 4.74. The first-order valence-electron chi connectivity index (χ1n) is 3.77. The van der Waals surface area contributed by atoms with E-state index < -0.39 is 0 Å². The highest BCUT2D eigenvalue weighted by molar-refractivity contribution is 5.34. The minimum absolute atomic E-state index is 0.158. The highest BCUT2D eigenvalue weighted by atomic mass is 15.0. The fourth-order valence-corrected chi connectivity index (χ4v) is 0.774. The third-order valence-electron chi connectivity index (χ3n) is 1.33. The average molecular weight is 172 g/mol. The first-order chi connectivity index (χ1) is 6.36. The molecule has 0 saturated heterocycles. The summed E-state index contributed by atoms with van der Waals surface area (Å²) in [5, 5.41) is 11.5. The van der Waals surface area contributed by atoms with E-state index >= 15 is 0 Å². The maximum absolute atomic E-state index is 8.50. The minimum Gasteiger partial charge on any atom is -0.369 e. The van der Waals surface area contributed by atoms with E-state index in [9.17, 15) is 0 Å². The number of hydrogen-bond donors (Lipinski definition) is 1. The topological polar surface area (TPSA) is 61.6 Å². The van der Waals surface area contributed by atoms with Gasteiger partial charge >= 0.3 is 0 Å². The van der Waals surface area contributed by atoms with Crippen molar-refractivity contribution in [1.29, 1.82) is 5.26 Å². The molecule has 0 atom stereocenters. The molecule has 1 aromatic heterocycles. The molecule has 4 nitrogen and oxygen atoms in total. The van der Waals surface area contributed by atoms with Crippen LogP contribution in [0.3, 0.4) is 0 Å². The van der Waals surface area contributed by atoms with Crippen molar-refractivity contribution in [2.24, 2.45) is 0 Å². The Kier molecular flexibility index (Phi) is 3.29. The van der Waals surface area contributed by atoms with Crippen molar-refractivity contribution >= 4 is 5.82 Å². The van der Waals surface area contributed by atoms with Gasteiger partial charge in [-0.2, -0.15) is 5.26 Å². The van der Waals surface area contributed by atoms with E-state index in [2.05, 4.69) is 21.2 Å². The molecule has 0 aliphatic heterocycles. The van der Waals surface area contributed by atoms with Gasteiger partial charge in [0, 0.05) is 19.2 Å². The third-order valence-corrected chi connectivity index (χ3v) is 1.33. The molecule has 0 radical (unpaired) electrons. The Morgan fingerprint density at radius 1 is 1.62 bits per heavy atom. The number of rotatable bonds is 3. The van der Waals surface area contributed by atoms with E-state index in [0.717, 1.165) is 0 Å². The zero-order valence-electron chi connectivity index (χ0n) is 6.99. The van der Waals surface area contributed by atoms with Crippen molar-refractivity contribution in [3.8, 4) is 18.4 Å². The highest BCUT2D eigenvalue weighted by Gasteiger charge is 1.95. The second-order valence-electron chi connectivity index (χ2n) is 2.26. The zero-order chi connectivity index (χ0) is 9.52. The number of terminal acetylenes is 1. The summed E-state index contributed by atoms with van der Waals surface area (Å²) in [6.45, 7) is 0.651. The number of nitrogens with zero attached hydrogens (tertiary/aromatic N) is 3. The molecule has 1 aromatic rings. The van der Waals surface area contributed by atoms with Crippen molar-refractivity contribution in [3.05, 3.63) is 18.1 Å². The summed E-state index contributed by atoms with van der Waals surface area (Å²) in [5.41, 5.74) is 0. The Labute approximate surface area is 76.6 Å². The molecule has 1 N–H and O–H groups in total. The van der Waals surface area contributed by atoms with Crippen LogP contribution in [0, 0.1) is 23.7 Å². The maximum atomic E-state index is 8.50. The Hall–Kier alpha value is -2.07. The predicted octanol–water partition coefficient (Wildman–Crippen LogP) is 0.783. The molecule has 1 heterocycles. The Balaban J connectivity index is 2.59. The molecule has 0 aliphatic rings. The van der Waals surface area contributed by atoms with Crippen LogP contribution < -0.4 is 5.32 Å². The van der Waals surface area contributed by atoms with Crippen LogP contribution in [0.1, 0.15) is 12.2 Å². The fourth-order valence-electron chi connectivity index (χ4n) is 0.774. The number of aromatic nitrogens is 2. The van der Waals surface area contributed by atoms with Crippen LogP contribution in [0.5, 0.6) is 0 Å². The Morgan fingerprint density at radius 3 is 3.15 bits per heavy atom. The lowest BCUT2D eigenvalue weighted by Crippen LogP contribution is -2.03. The molecule has 4 heteroatoms. The fraction of sp³-hybridized carbons (Fsp3) is 0.222. The molecule has 0 bridgehead atoms. The number of anilines is 1. The average Bonchev–Trinajstić information content (AvgIpc) is 2.19. The normalized spacial score (nSPS) is 8.46. The highest BCUT2D eigenvalue weighted by Crippen LogP contribution is 2.00. The van der Waals surface area contributed by atoms with E-state index in [-0.39, 0.29) is 5.82 Å². The molecule has 64 valence electrons. The molecule has 0 unspecified atom stereocenters. The van der Waals surface area contributed by atoms with E-state index in [1.807, 2.05) is 6.07 Å². The van der Waals surface area contributed by atoms with Crippen LogP contribution >= 0.6 is 0 Å². The molecule has 0 amide bonds. The quantitative estimate of drug-likeness (QED) is 0.540. The van der Waals surface area contributed by atoms with Gasteiger partial charge in [-0.25, -0.2) is 9.97 Å². The van der Waals surface area contributed by atoms with E-state index in [4.69, 9.17) is 11.7 Å². The predicted molar refractivity (Wildman–Crippen MR) is 48.7 cm³/mol. The molecular formula is C9H8N4. The van der Waals surface area contributed by atoms with Crippen LogP contribution in [0.15, 0.2) is 12.3 Å². The van der Waals surface area contributed by atoms with Crippen molar-refractivity contribution in [2.45, 2.75) is 6.42 Å².